The van der Waals surface area contributed by atoms with Gasteiger partial charge in [0.2, 0.25) is 39.3 Å². The molecule has 0 saturated heterocycles. The second-order valence-electron chi connectivity index (χ2n) is 15.1. The van der Waals surface area contributed by atoms with E-state index in [9.17, 15) is 33.7 Å². The molecule has 2 N–H and O–H groups in total. The summed E-state index contributed by atoms with van der Waals surface area (Å²) in [6.07, 6.45) is 9.73. The molecule has 0 amide bonds. The molecule has 13 nitrogen and oxygen atoms in total. The first kappa shape index (κ1) is 52.3. The summed E-state index contributed by atoms with van der Waals surface area (Å²) >= 11 is 6.52. The van der Waals surface area contributed by atoms with Gasteiger partial charge in [0, 0.05) is 51.6 Å². The monoisotopic (exact) mass is 1150 g/mol. The predicted molar refractivity (Wildman–Crippen MR) is 276 cm³/mol. The highest BCUT2D eigenvalue weighted by atomic mass is 79.9. The van der Waals surface area contributed by atoms with Gasteiger partial charge in [-0.3, -0.25) is 15.0 Å². The van der Waals surface area contributed by atoms with Gasteiger partial charge in [-0.25, -0.2) is 33.7 Å². The molecule has 0 fully saturated rings. The minimum atomic E-state index is -3.82. The number of sulfone groups is 4. The van der Waals surface area contributed by atoms with Crippen molar-refractivity contribution in [3.05, 3.63) is 228 Å². The Morgan fingerprint density at radius 1 is 0.310 bits per heavy atom. The molecule has 0 aliphatic heterocycles. The van der Waals surface area contributed by atoms with E-state index in [0.717, 1.165) is 31.2 Å². The lowest BCUT2D eigenvalue weighted by Gasteiger charge is -2.09. The fraction of sp³-hybridized carbons (Fsp3) is 0. The quantitative estimate of drug-likeness (QED) is 0.116. The summed E-state index contributed by atoms with van der Waals surface area (Å²) in [6, 6.07) is 46.7. The molecule has 0 unspecified atom stereocenters. The highest BCUT2D eigenvalue weighted by molar-refractivity contribution is 9.10. The number of pyridine rings is 3. The van der Waals surface area contributed by atoms with E-state index in [1.807, 2.05) is 24.3 Å². The maximum Gasteiger partial charge on any atom is 0.490 e. The summed E-state index contributed by atoms with van der Waals surface area (Å²) in [5.74, 6) is 0. The highest BCUT2D eigenvalue weighted by Gasteiger charge is 2.23. The zero-order chi connectivity index (χ0) is 50.8. The lowest BCUT2D eigenvalue weighted by Crippen LogP contribution is -2.29. The molecule has 71 heavy (non-hydrogen) atoms. The Labute approximate surface area is 428 Å². The van der Waals surface area contributed by atoms with Gasteiger partial charge in [0.15, 0.2) is 0 Å². The predicted octanol–water partition coefficient (Wildman–Crippen LogP) is 9.11. The van der Waals surface area contributed by atoms with Gasteiger partial charge < -0.3 is 10.0 Å². The molecule has 20 heteroatoms. The maximum atomic E-state index is 13.1. The Morgan fingerprint density at radius 2 is 0.549 bits per heavy atom. The Balaban J connectivity index is 0.000000184. The number of nitrogens with zero attached hydrogens (tertiary/aromatic N) is 3. The smallest absolute Gasteiger partial charge is 0.423 e. The second kappa shape index (κ2) is 22.7. The van der Waals surface area contributed by atoms with Crippen LogP contribution in [0.5, 0.6) is 0 Å². The summed E-state index contributed by atoms with van der Waals surface area (Å²) in [4.78, 5) is 12.5. The van der Waals surface area contributed by atoms with Crippen LogP contribution in [0.4, 0.5) is 0 Å². The molecule has 0 bridgehead atoms. The molecule has 3 aromatic heterocycles. The summed E-state index contributed by atoms with van der Waals surface area (Å²) in [7, 11) is -16.5. The van der Waals surface area contributed by atoms with Crippen molar-refractivity contribution in [1.82, 2.24) is 15.0 Å². The zero-order valence-corrected chi connectivity index (χ0v) is 43.2. The van der Waals surface area contributed by atoms with Crippen molar-refractivity contribution >= 4 is 83.8 Å². The van der Waals surface area contributed by atoms with Crippen molar-refractivity contribution < 1.29 is 43.7 Å². The standard InChI is InChI=1S/C28H20N2O4S2.C18H12Br2O4S2.C5H6BNO2/c31-35(32,25-9-5-21(6-10-25)23-3-1-17-29-19-23)27-13-15-28(16-14-27)36(33,34)26-11-7-22(8-12-26)24-4-2-18-30-20-24;19-13-1-5-15(6-2-13)25(21,22)17-9-11-18(12-10-17)26(23,24)16-7-3-14(20)4-8-16;8-6(9)5-2-1-3-7-4-5/h1-20H;1-12H;1-4,8-9H. The normalized spacial score (nSPS) is 11.5. The van der Waals surface area contributed by atoms with Gasteiger partial charge in [0.25, 0.3) is 0 Å². The van der Waals surface area contributed by atoms with Crippen molar-refractivity contribution in [3.8, 4) is 22.3 Å². The number of benzene rings is 6. The minimum Gasteiger partial charge on any atom is -0.423 e. The van der Waals surface area contributed by atoms with E-state index >= 15 is 0 Å². The van der Waals surface area contributed by atoms with E-state index in [2.05, 4.69) is 46.8 Å². The lowest BCUT2D eigenvalue weighted by molar-refractivity contribution is 0.425. The molecule has 0 spiro atoms. The molecular formula is C51H38BBr2N3O10S4. The van der Waals surface area contributed by atoms with Gasteiger partial charge >= 0.3 is 7.12 Å². The molecule has 0 aliphatic rings. The minimum absolute atomic E-state index is 0.0162. The Kier molecular flexibility index (Phi) is 16.8. The molecule has 3 heterocycles. The van der Waals surface area contributed by atoms with Crippen molar-refractivity contribution in [3.63, 3.8) is 0 Å². The van der Waals surface area contributed by atoms with E-state index in [-0.39, 0.29) is 39.2 Å². The van der Waals surface area contributed by atoms with Crippen LogP contribution in [0.3, 0.4) is 0 Å². The Hall–Kier alpha value is -6.49. The molecule has 0 saturated carbocycles. The topological polar surface area (TPSA) is 216 Å². The fourth-order valence-corrected chi connectivity index (χ4v) is 12.2. The zero-order valence-electron chi connectivity index (χ0n) is 36.8. The van der Waals surface area contributed by atoms with Crippen molar-refractivity contribution in [2.24, 2.45) is 0 Å². The third-order valence-corrected chi connectivity index (χ3v) is 18.6. The molecule has 0 radical (unpaired) electrons. The average Bonchev–Trinajstić information content (AvgIpc) is 3.40. The summed E-state index contributed by atoms with van der Waals surface area (Å²) < 4.78 is 105. The fourth-order valence-electron chi connectivity index (χ4n) is 6.62. The molecular weight excluding hydrogens is 1110 g/mol. The van der Waals surface area contributed by atoms with Gasteiger partial charge in [-0.1, -0.05) is 74.3 Å². The van der Waals surface area contributed by atoms with Crippen LogP contribution in [0.1, 0.15) is 0 Å². The largest absolute Gasteiger partial charge is 0.490 e. The van der Waals surface area contributed by atoms with Crippen LogP contribution < -0.4 is 5.46 Å². The van der Waals surface area contributed by atoms with E-state index in [0.29, 0.717) is 5.46 Å². The number of aromatic nitrogens is 3. The molecule has 358 valence electrons. The van der Waals surface area contributed by atoms with Gasteiger partial charge in [-0.05, 0) is 162 Å². The third kappa shape index (κ3) is 12.7. The number of rotatable bonds is 11. The van der Waals surface area contributed by atoms with Gasteiger partial charge in [-0.2, -0.15) is 0 Å². The van der Waals surface area contributed by atoms with E-state index in [1.165, 1.54) is 103 Å². The molecule has 0 atom stereocenters. The van der Waals surface area contributed by atoms with Crippen LogP contribution in [0.25, 0.3) is 22.3 Å². The maximum absolute atomic E-state index is 13.1. The first-order chi connectivity index (χ1) is 33.9. The third-order valence-electron chi connectivity index (χ3n) is 10.4. The Morgan fingerprint density at radius 3 is 0.761 bits per heavy atom. The van der Waals surface area contributed by atoms with Crippen LogP contribution in [0.15, 0.2) is 267 Å². The van der Waals surface area contributed by atoms with Crippen LogP contribution in [0.2, 0.25) is 0 Å². The number of hydrogen-bond acceptors (Lipinski definition) is 13. The number of halogens is 2. The molecule has 9 aromatic rings. The van der Waals surface area contributed by atoms with Crippen LogP contribution in [-0.2, 0) is 39.3 Å². The summed E-state index contributed by atoms with van der Waals surface area (Å²) in [6.45, 7) is 0. The van der Waals surface area contributed by atoms with E-state index in [1.54, 1.807) is 91.6 Å². The summed E-state index contributed by atoms with van der Waals surface area (Å²) in [5, 5.41) is 17.1. The SMILES string of the molecule is O=S(=O)(c1ccc(-c2cccnc2)cc1)c1ccc(S(=O)(=O)c2ccc(-c3cccnc3)cc2)cc1.O=S(=O)(c1ccc(Br)cc1)c1ccc(S(=O)(=O)c2ccc(Br)cc2)cc1.OB(O)c1cccnc1. The van der Waals surface area contributed by atoms with Crippen LogP contribution in [0, 0.1) is 0 Å². The van der Waals surface area contributed by atoms with Crippen LogP contribution >= 0.6 is 31.9 Å². The molecule has 6 aromatic carbocycles. The molecule has 9 rings (SSSR count). The lowest BCUT2D eigenvalue weighted by atomic mass is 9.82. The highest BCUT2D eigenvalue weighted by Crippen LogP contribution is 2.30. The Bertz CT molecular complexity index is 3460. The van der Waals surface area contributed by atoms with Crippen molar-refractivity contribution in [2.45, 2.75) is 39.2 Å². The average molecular weight is 1150 g/mol. The van der Waals surface area contributed by atoms with E-state index < -0.39 is 46.5 Å². The second-order valence-corrected chi connectivity index (χ2v) is 24.7. The van der Waals surface area contributed by atoms with Gasteiger partial charge in [0.1, 0.15) is 0 Å². The van der Waals surface area contributed by atoms with Gasteiger partial charge in [-0.15, -0.1) is 0 Å². The van der Waals surface area contributed by atoms with Crippen LogP contribution in [-0.4, -0.2) is 65.8 Å². The first-order valence-electron chi connectivity index (χ1n) is 20.9. The first-order valence-corrected chi connectivity index (χ1v) is 28.4. The molecule has 0 aliphatic carbocycles. The van der Waals surface area contributed by atoms with E-state index in [4.69, 9.17) is 10.0 Å². The van der Waals surface area contributed by atoms with Crippen molar-refractivity contribution in [2.75, 3.05) is 0 Å². The van der Waals surface area contributed by atoms with Gasteiger partial charge in [0.05, 0.1) is 39.2 Å². The number of hydrogen-bond donors (Lipinski definition) is 2. The van der Waals surface area contributed by atoms with Crippen molar-refractivity contribution in [1.29, 1.82) is 0 Å². The summed E-state index contributed by atoms with van der Waals surface area (Å²) in [5.41, 5.74) is 3.86.